The number of carbonyl (C=O) groups excluding carboxylic acids is 1. The Bertz CT molecular complexity index is 399. The smallest absolute Gasteiger partial charge is 0.321 e. The highest BCUT2D eigenvalue weighted by molar-refractivity contribution is 7.15. The van der Waals surface area contributed by atoms with Gasteiger partial charge in [0.25, 0.3) is 0 Å². The molecular formula is C11H17N3O2S. The summed E-state index contributed by atoms with van der Waals surface area (Å²) in [5.74, 6) is 0. The molecule has 0 saturated carbocycles. The van der Waals surface area contributed by atoms with Gasteiger partial charge in [-0.15, -0.1) is 11.3 Å². The van der Waals surface area contributed by atoms with Crippen LogP contribution in [0.15, 0.2) is 0 Å². The normalized spacial score (nSPS) is 19.3. The molecule has 1 aromatic rings. The maximum atomic E-state index is 11.7. The lowest BCUT2D eigenvalue weighted by atomic mass is 10.3. The molecule has 1 aliphatic heterocycles. The van der Waals surface area contributed by atoms with Crippen molar-refractivity contribution in [2.45, 2.75) is 32.7 Å². The fraction of sp³-hybridized carbons (Fsp3) is 0.636. The predicted molar refractivity (Wildman–Crippen MR) is 67.6 cm³/mol. The summed E-state index contributed by atoms with van der Waals surface area (Å²) in [5.41, 5.74) is 1.05. The molecule has 17 heavy (non-hydrogen) atoms. The molecule has 0 spiro atoms. The third-order valence-electron chi connectivity index (χ3n) is 2.71. The van der Waals surface area contributed by atoms with Gasteiger partial charge in [-0.1, -0.05) is 6.92 Å². The number of nitrogens with zero attached hydrogens (tertiary/aromatic N) is 1. The topological polar surface area (TPSA) is 63.2 Å². The van der Waals surface area contributed by atoms with E-state index >= 15 is 0 Å². The van der Waals surface area contributed by atoms with Crippen LogP contribution >= 0.6 is 11.3 Å². The van der Waals surface area contributed by atoms with E-state index in [1.54, 1.807) is 0 Å². The molecule has 1 atom stereocenters. The maximum absolute atomic E-state index is 11.7. The fourth-order valence-electron chi connectivity index (χ4n) is 1.78. The van der Waals surface area contributed by atoms with Gasteiger partial charge in [-0.3, -0.25) is 5.32 Å². The van der Waals surface area contributed by atoms with Gasteiger partial charge < -0.3 is 10.1 Å². The van der Waals surface area contributed by atoms with Crippen LogP contribution in [0.25, 0.3) is 0 Å². The Morgan fingerprint density at radius 1 is 1.65 bits per heavy atom. The monoisotopic (exact) mass is 255 g/mol. The molecule has 2 rings (SSSR count). The van der Waals surface area contributed by atoms with Crippen molar-refractivity contribution >= 4 is 22.5 Å². The number of rotatable bonds is 3. The second kappa shape index (κ2) is 5.46. The number of amides is 2. The number of nitrogens with one attached hydrogen (secondary N) is 2. The van der Waals surface area contributed by atoms with Gasteiger partial charge >= 0.3 is 6.03 Å². The molecule has 0 radical (unpaired) electrons. The average molecular weight is 255 g/mol. The molecule has 0 bridgehead atoms. The number of hydrogen-bond acceptors (Lipinski definition) is 4. The van der Waals surface area contributed by atoms with Crippen LogP contribution in [0.4, 0.5) is 9.93 Å². The van der Waals surface area contributed by atoms with Gasteiger partial charge in [0.05, 0.1) is 18.3 Å². The number of hydrogen-bond donors (Lipinski definition) is 2. The van der Waals surface area contributed by atoms with Crippen LogP contribution in [0.5, 0.6) is 0 Å². The van der Waals surface area contributed by atoms with Gasteiger partial charge in [0.1, 0.15) is 0 Å². The van der Waals surface area contributed by atoms with E-state index in [4.69, 9.17) is 4.74 Å². The summed E-state index contributed by atoms with van der Waals surface area (Å²) in [6, 6.07) is -0.0707. The first kappa shape index (κ1) is 12.3. The number of urea groups is 1. The van der Waals surface area contributed by atoms with E-state index in [1.807, 2.05) is 6.92 Å². The summed E-state index contributed by atoms with van der Waals surface area (Å²) in [4.78, 5) is 17.2. The standard InChI is InChI=1S/C11H17N3O2S/c1-3-9-7(2)17-11(13-9)14-10(15)12-8-4-5-16-6-8/h8H,3-6H2,1-2H3,(H2,12,13,14,15). The van der Waals surface area contributed by atoms with Crippen molar-refractivity contribution in [3.8, 4) is 0 Å². The third-order valence-corrected chi connectivity index (χ3v) is 3.64. The summed E-state index contributed by atoms with van der Waals surface area (Å²) in [5, 5.41) is 6.29. The van der Waals surface area contributed by atoms with Crippen LogP contribution < -0.4 is 10.6 Å². The van der Waals surface area contributed by atoms with Gasteiger partial charge in [-0.25, -0.2) is 9.78 Å². The zero-order valence-corrected chi connectivity index (χ0v) is 10.9. The van der Waals surface area contributed by atoms with Crippen molar-refractivity contribution in [1.29, 1.82) is 0 Å². The van der Waals surface area contributed by atoms with E-state index in [-0.39, 0.29) is 12.1 Å². The molecule has 0 aliphatic carbocycles. The molecule has 1 aromatic heterocycles. The van der Waals surface area contributed by atoms with Crippen molar-refractivity contribution in [2.75, 3.05) is 18.5 Å². The highest BCUT2D eigenvalue weighted by Crippen LogP contribution is 2.22. The lowest BCUT2D eigenvalue weighted by molar-refractivity contribution is 0.189. The molecule has 1 saturated heterocycles. The number of carbonyl (C=O) groups is 1. The van der Waals surface area contributed by atoms with Crippen molar-refractivity contribution in [3.63, 3.8) is 0 Å². The SMILES string of the molecule is CCc1nc(NC(=O)NC2CCOC2)sc1C. The van der Waals surface area contributed by atoms with Crippen molar-refractivity contribution in [2.24, 2.45) is 0 Å². The van der Waals surface area contributed by atoms with Crippen LogP contribution in [-0.2, 0) is 11.2 Å². The fourth-order valence-corrected chi connectivity index (χ4v) is 2.67. The number of anilines is 1. The average Bonchev–Trinajstić information content (AvgIpc) is 2.88. The zero-order chi connectivity index (χ0) is 12.3. The second-order valence-corrected chi connectivity index (χ2v) is 5.24. The summed E-state index contributed by atoms with van der Waals surface area (Å²) in [7, 11) is 0. The number of thiazole rings is 1. The number of ether oxygens (including phenoxy) is 1. The predicted octanol–water partition coefficient (Wildman–Crippen LogP) is 1.92. The zero-order valence-electron chi connectivity index (χ0n) is 10.1. The Hall–Kier alpha value is -1.14. The van der Waals surface area contributed by atoms with E-state index in [2.05, 4.69) is 22.5 Å². The quantitative estimate of drug-likeness (QED) is 0.867. The molecular weight excluding hydrogens is 238 g/mol. The first-order valence-electron chi connectivity index (χ1n) is 5.80. The number of aryl methyl sites for hydroxylation is 2. The van der Waals surface area contributed by atoms with Gasteiger partial charge in [0.15, 0.2) is 5.13 Å². The van der Waals surface area contributed by atoms with Crippen LogP contribution in [-0.4, -0.2) is 30.3 Å². The first-order valence-corrected chi connectivity index (χ1v) is 6.62. The Kier molecular flexibility index (Phi) is 3.96. The molecule has 1 aliphatic rings. The van der Waals surface area contributed by atoms with Gasteiger partial charge in [-0.05, 0) is 19.8 Å². The maximum Gasteiger partial charge on any atom is 0.321 e. The molecule has 1 fully saturated rings. The van der Waals surface area contributed by atoms with Crippen LogP contribution in [0.2, 0.25) is 0 Å². The van der Waals surface area contributed by atoms with E-state index in [9.17, 15) is 4.79 Å². The molecule has 6 heteroatoms. The van der Waals surface area contributed by atoms with Crippen LogP contribution in [0.3, 0.4) is 0 Å². The van der Waals surface area contributed by atoms with Gasteiger partial charge in [0.2, 0.25) is 0 Å². The summed E-state index contributed by atoms with van der Waals surface area (Å²) in [6.07, 6.45) is 1.77. The molecule has 2 amide bonds. The molecule has 1 unspecified atom stereocenters. The Labute approximate surface area is 105 Å². The molecule has 0 aromatic carbocycles. The highest BCUT2D eigenvalue weighted by Gasteiger charge is 2.18. The highest BCUT2D eigenvalue weighted by atomic mass is 32.1. The minimum absolute atomic E-state index is 0.127. The molecule has 94 valence electrons. The summed E-state index contributed by atoms with van der Waals surface area (Å²) < 4.78 is 5.19. The van der Waals surface area contributed by atoms with Gasteiger partial charge in [0, 0.05) is 11.5 Å². The van der Waals surface area contributed by atoms with Crippen molar-refractivity contribution in [3.05, 3.63) is 10.6 Å². The van der Waals surface area contributed by atoms with E-state index < -0.39 is 0 Å². The van der Waals surface area contributed by atoms with E-state index in [1.165, 1.54) is 11.3 Å². The van der Waals surface area contributed by atoms with E-state index in [0.717, 1.165) is 30.0 Å². The lowest BCUT2D eigenvalue weighted by Crippen LogP contribution is -2.38. The van der Waals surface area contributed by atoms with Gasteiger partial charge in [-0.2, -0.15) is 0 Å². The molecule has 5 nitrogen and oxygen atoms in total. The molecule has 2 heterocycles. The minimum atomic E-state index is -0.197. The molecule has 2 N–H and O–H groups in total. The first-order chi connectivity index (χ1) is 8.19. The van der Waals surface area contributed by atoms with Crippen molar-refractivity contribution in [1.82, 2.24) is 10.3 Å². The van der Waals surface area contributed by atoms with Crippen LogP contribution in [0.1, 0.15) is 23.9 Å². The Morgan fingerprint density at radius 2 is 2.47 bits per heavy atom. The van der Waals surface area contributed by atoms with Crippen LogP contribution in [0, 0.1) is 6.92 Å². The summed E-state index contributed by atoms with van der Waals surface area (Å²) >= 11 is 1.51. The Balaban J connectivity index is 1.88. The third kappa shape index (κ3) is 3.17. The summed E-state index contributed by atoms with van der Waals surface area (Å²) in [6.45, 7) is 5.40. The lowest BCUT2D eigenvalue weighted by Gasteiger charge is -2.09. The number of aromatic nitrogens is 1. The minimum Gasteiger partial charge on any atom is -0.379 e. The Morgan fingerprint density at radius 3 is 3.06 bits per heavy atom. The largest absolute Gasteiger partial charge is 0.379 e. The van der Waals surface area contributed by atoms with Crippen molar-refractivity contribution < 1.29 is 9.53 Å². The van der Waals surface area contributed by atoms with E-state index in [0.29, 0.717) is 11.7 Å². The second-order valence-electron chi connectivity index (χ2n) is 4.03.